The van der Waals surface area contributed by atoms with Gasteiger partial charge in [0.1, 0.15) is 5.41 Å². The van der Waals surface area contributed by atoms with Gasteiger partial charge in [0.05, 0.1) is 12.7 Å². The largest absolute Gasteiger partial charge is 0.481 e. The van der Waals surface area contributed by atoms with Gasteiger partial charge in [-0.3, -0.25) is 19.3 Å². The van der Waals surface area contributed by atoms with E-state index in [0.717, 1.165) is 12.8 Å². The minimum Gasteiger partial charge on any atom is -0.481 e. The summed E-state index contributed by atoms with van der Waals surface area (Å²) >= 11 is 0. The highest BCUT2D eigenvalue weighted by molar-refractivity contribution is 5.98. The molecule has 7 nitrogen and oxygen atoms in total. The van der Waals surface area contributed by atoms with Gasteiger partial charge in [-0.1, -0.05) is 13.3 Å². The normalized spacial score (nSPS) is 29.4. The molecule has 0 saturated carbocycles. The lowest BCUT2D eigenvalue weighted by molar-refractivity contribution is -0.175. The molecule has 2 N–H and O–H groups in total. The summed E-state index contributed by atoms with van der Waals surface area (Å²) in [4.78, 5) is 37.4. The van der Waals surface area contributed by atoms with Crippen LogP contribution in [0.2, 0.25) is 0 Å². The standard InChI is InChI=1S/C15H24N2O5/c1-2-3-4-12(18)17-7-5-15(14(20)21,9-13(17)19)11-10-16-6-8-22-11/h11,16H,2-10H2,1H3,(H,20,21). The van der Waals surface area contributed by atoms with E-state index < -0.39 is 23.4 Å². The molecular weight excluding hydrogens is 288 g/mol. The molecule has 2 aliphatic rings. The lowest BCUT2D eigenvalue weighted by atomic mass is 9.72. The Morgan fingerprint density at radius 2 is 2.27 bits per heavy atom. The zero-order valence-electron chi connectivity index (χ0n) is 13.0. The lowest BCUT2D eigenvalue weighted by Gasteiger charge is -2.43. The zero-order valence-corrected chi connectivity index (χ0v) is 13.0. The smallest absolute Gasteiger partial charge is 0.312 e. The van der Waals surface area contributed by atoms with Crippen molar-refractivity contribution < 1.29 is 24.2 Å². The van der Waals surface area contributed by atoms with Crippen LogP contribution in [0.15, 0.2) is 0 Å². The number of carbonyl (C=O) groups excluding carboxylic acids is 2. The molecule has 7 heteroatoms. The van der Waals surface area contributed by atoms with Crippen LogP contribution in [0.25, 0.3) is 0 Å². The highest BCUT2D eigenvalue weighted by atomic mass is 16.5. The fraction of sp³-hybridized carbons (Fsp3) is 0.800. The first-order valence-corrected chi connectivity index (χ1v) is 7.90. The molecule has 0 radical (unpaired) electrons. The number of hydrogen-bond acceptors (Lipinski definition) is 5. The average Bonchev–Trinajstić information content (AvgIpc) is 2.53. The van der Waals surface area contributed by atoms with E-state index in [9.17, 15) is 19.5 Å². The molecule has 2 saturated heterocycles. The monoisotopic (exact) mass is 312 g/mol. The highest BCUT2D eigenvalue weighted by Gasteiger charge is 2.52. The predicted octanol–water partition coefficient (Wildman–Crippen LogP) is 0.385. The molecule has 0 aromatic rings. The summed E-state index contributed by atoms with van der Waals surface area (Å²) < 4.78 is 5.59. The second-order valence-electron chi connectivity index (χ2n) is 5.99. The number of nitrogens with zero attached hydrogens (tertiary/aromatic N) is 1. The summed E-state index contributed by atoms with van der Waals surface area (Å²) in [6.45, 7) is 3.68. The summed E-state index contributed by atoms with van der Waals surface area (Å²) in [6.07, 6.45) is 1.50. The molecule has 2 amide bonds. The number of likely N-dealkylation sites (tertiary alicyclic amines) is 1. The molecule has 2 heterocycles. The number of hydrogen-bond donors (Lipinski definition) is 2. The van der Waals surface area contributed by atoms with E-state index in [1.165, 1.54) is 4.90 Å². The van der Waals surface area contributed by atoms with Gasteiger partial charge in [0, 0.05) is 32.5 Å². The second kappa shape index (κ2) is 7.19. The fourth-order valence-electron chi connectivity index (χ4n) is 3.13. The van der Waals surface area contributed by atoms with E-state index in [1.807, 2.05) is 6.92 Å². The number of amides is 2. The first kappa shape index (κ1) is 16.9. The number of rotatable bonds is 5. The van der Waals surface area contributed by atoms with E-state index in [0.29, 0.717) is 26.1 Å². The quantitative estimate of drug-likeness (QED) is 0.762. The maximum absolute atomic E-state index is 12.3. The van der Waals surface area contributed by atoms with Gasteiger partial charge in [-0.2, -0.15) is 0 Å². The summed E-state index contributed by atoms with van der Waals surface area (Å²) in [5.41, 5.74) is -1.23. The maximum Gasteiger partial charge on any atom is 0.312 e. The van der Waals surface area contributed by atoms with Gasteiger partial charge in [-0.25, -0.2) is 0 Å². The van der Waals surface area contributed by atoms with Gasteiger partial charge in [-0.15, -0.1) is 0 Å². The molecule has 2 rings (SSSR count). The Morgan fingerprint density at radius 1 is 1.50 bits per heavy atom. The van der Waals surface area contributed by atoms with Crippen molar-refractivity contribution in [2.45, 2.75) is 45.1 Å². The molecule has 0 spiro atoms. The number of ether oxygens (including phenoxy) is 1. The van der Waals surface area contributed by atoms with Gasteiger partial charge in [0.2, 0.25) is 11.8 Å². The fourth-order valence-corrected chi connectivity index (χ4v) is 3.13. The van der Waals surface area contributed by atoms with Crippen molar-refractivity contribution in [2.75, 3.05) is 26.2 Å². The number of morpholine rings is 1. The van der Waals surface area contributed by atoms with E-state index in [2.05, 4.69) is 5.32 Å². The second-order valence-corrected chi connectivity index (χ2v) is 5.99. The first-order valence-electron chi connectivity index (χ1n) is 7.90. The third kappa shape index (κ3) is 3.30. The van der Waals surface area contributed by atoms with Crippen molar-refractivity contribution in [1.82, 2.24) is 10.2 Å². The topological polar surface area (TPSA) is 95.9 Å². The molecule has 0 aromatic heterocycles. The van der Waals surface area contributed by atoms with Gasteiger partial charge in [-0.05, 0) is 12.8 Å². The summed E-state index contributed by atoms with van der Waals surface area (Å²) in [5, 5.41) is 12.8. The van der Waals surface area contributed by atoms with E-state index in [1.54, 1.807) is 0 Å². The molecule has 2 atom stereocenters. The number of aliphatic carboxylic acids is 1. The highest BCUT2D eigenvalue weighted by Crippen LogP contribution is 2.38. The summed E-state index contributed by atoms with van der Waals surface area (Å²) in [7, 11) is 0. The molecule has 2 unspecified atom stereocenters. The SMILES string of the molecule is CCCCC(=O)N1CCC(C(=O)O)(C2CNCCO2)CC1=O. The molecule has 22 heavy (non-hydrogen) atoms. The van der Waals surface area contributed by atoms with Crippen LogP contribution in [0.5, 0.6) is 0 Å². The van der Waals surface area contributed by atoms with Crippen molar-refractivity contribution in [3.05, 3.63) is 0 Å². The lowest BCUT2D eigenvalue weighted by Crippen LogP contribution is -2.59. The van der Waals surface area contributed by atoms with Crippen LogP contribution < -0.4 is 5.32 Å². The van der Waals surface area contributed by atoms with E-state index in [-0.39, 0.29) is 25.3 Å². The van der Waals surface area contributed by atoms with Gasteiger partial charge in [0.15, 0.2) is 0 Å². The average molecular weight is 312 g/mol. The first-order chi connectivity index (χ1) is 10.5. The Balaban J connectivity index is 2.08. The third-order valence-electron chi connectivity index (χ3n) is 4.56. The minimum atomic E-state index is -1.23. The van der Waals surface area contributed by atoms with Gasteiger partial charge >= 0.3 is 5.97 Å². The van der Waals surface area contributed by atoms with Crippen molar-refractivity contribution in [2.24, 2.45) is 5.41 Å². The van der Waals surface area contributed by atoms with Crippen LogP contribution in [0, 0.1) is 5.41 Å². The predicted molar refractivity (Wildman–Crippen MR) is 78.2 cm³/mol. The number of carboxylic acids is 1. The number of piperidine rings is 1. The van der Waals surface area contributed by atoms with Crippen LogP contribution in [-0.2, 0) is 19.1 Å². The third-order valence-corrected chi connectivity index (χ3v) is 4.56. The Morgan fingerprint density at radius 3 is 2.82 bits per heavy atom. The summed E-state index contributed by atoms with van der Waals surface area (Å²) in [5.74, 6) is -1.62. The zero-order chi connectivity index (χ0) is 16.2. The number of carboxylic acid groups (broad SMARTS) is 1. The molecule has 0 aromatic carbocycles. The van der Waals surface area contributed by atoms with E-state index in [4.69, 9.17) is 4.74 Å². The van der Waals surface area contributed by atoms with E-state index >= 15 is 0 Å². The van der Waals surface area contributed by atoms with Crippen LogP contribution in [0.1, 0.15) is 39.0 Å². The Kier molecular flexibility index (Phi) is 5.52. The maximum atomic E-state index is 12.3. The Hall–Kier alpha value is -1.47. The summed E-state index contributed by atoms with van der Waals surface area (Å²) in [6, 6.07) is 0. The number of nitrogens with one attached hydrogen (secondary N) is 1. The van der Waals surface area contributed by atoms with Crippen molar-refractivity contribution >= 4 is 17.8 Å². The van der Waals surface area contributed by atoms with Gasteiger partial charge in [0.25, 0.3) is 0 Å². The minimum absolute atomic E-state index is 0.160. The van der Waals surface area contributed by atoms with Crippen molar-refractivity contribution in [3.8, 4) is 0 Å². The van der Waals surface area contributed by atoms with Crippen LogP contribution in [0.3, 0.4) is 0 Å². The van der Waals surface area contributed by atoms with Crippen LogP contribution in [0.4, 0.5) is 0 Å². The Bertz CT molecular complexity index is 447. The molecule has 2 fully saturated rings. The van der Waals surface area contributed by atoms with Gasteiger partial charge < -0.3 is 15.2 Å². The number of unbranched alkanes of at least 4 members (excludes halogenated alkanes) is 1. The molecule has 124 valence electrons. The number of imide groups is 1. The Labute approximate surface area is 130 Å². The number of carbonyl (C=O) groups is 3. The van der Waals surface area contributed by atoms with Crippen molar-refractivity contribution in [3.63, 3.8) is 0 Å². The van der Waals surface area contributed by atoms with Crippen LogP contribution in [-0.4, -0.2) is 60.1 Å². The molecular formula is C15H24N2O5. The van der Waals surface area contributed by atoms with Crippen LogP contribution >= 0.6 is 0 Å². The molecule has 0 aliphatic carbocycles. The molecule has 0 bridgehead atoms. The molecule has 2 aliphatic heterocycles. The van der Waals surface area contributed by atoms with Crippen molar-refractivity contribution in [1.29, 1.82) is 0 Å².